The Hall–Kier alpha value is -2.59. The first-order valence-electron chi connectivity index (χ1n) is 9.16. The average Bonchev–Trinajstić information content (AvgIpc) is 2.99. The second-order valence-electron chi connectivity index (χ2n) is 7.11. The van der Waals surface area contributed by atoms with E-state index in [1.54, 1.807) is 0 Å². The molecule has 0 saturated heterocycles. The number of ether oxygens (including phenoxy) is 1. The first-order valence-corrected chi connectivity index (χ1v) is 9.16. The minimum absolute atomic E-state index is 0.350. The van der Waals surface area contributed by atoms with Gasteiger partial charge in [0.1, 0.15) is 12.4 Å². The Bertz CT molecular complexity index is 912. The number of aromatic nitrogens is 2. The van der Waals surface area contributed by atoms with Gasteiger partial charge in [-0.15, -0.1) is 0 Å². The maximum Gasteiger partial charge on any atom is 0.125 e. The highest BCUT2D eigenvalue weighted by molar-refractivity contribution is 5.42. The summed E-state index contributed by atoms with van der Waals surface area (Å²) in [6, 6.07) is 15.4. The maximum absolute atomic E-state index is 5.97. The van der Waals surface area contributed by atoms with Gasteiger partial charge in [0.05, 0.1) is 12.0 Å². The topological polar surface area (TPSA) is 39.1 Å². The van der Waals surface area contributed by atoms with Crippen molar-refractivity contribution in [1.29, 1.82) is 0 Å². The molecule has 0 spiro atoms. The van der Waals surface area contributed by atoms with Crippen molar-refractivity contribution < 1.29 is 4.74 Å². The molecule has 0 bridgehead atoms. The molecule has 26 heavy (non-hydrogen) atoms. The Labute approximate surface area is 154 Å². The van der Waals surface area contributed by atoms with Crippen molar-refractivity contribution in [2.45, 2.75) is 39.8 Å². The lowest BCUT2D eigenvalue weighted by atomic mass is 10.00. The Balaban J connectivity index is 1.39. The number of aryl methyl sites for hydroxylation is 2. The maximum atomic E-state index is 5.97. The summed E-state index contributed by atoms with van der Waals surface area (Å²) in [6.07, 6.45) is 2.90. The fourth-order valence-electron chi connectivity index (χ4n) is 3.52. The summed E-state index contributed by atoms with van der Waals surface area (Å²) in [6.45, 7) is 7.81. The Morgan fingerprint density at radius 1 is 1.12 bits per heavy atom. The molecule has 0 saturated carbocycles. The van der Waals surface area contributed by atoms with E-state index in [2.05, 4.69) is 71.2 Å². The van der Waals surface area contributed by atoms with E-state index in [4.69, 9.17) is 4.74 Å². The first kappa shape index (κ1) is 16.9. The number of para-hydroxylation sites is 1. The van der Waals surface area contributed by atoms with Gasteiger partial charge in [0.25, 0.3) is 0 Å². The third-order valence-electron chi connectivity index (χ3n) is 5.25. The minimum Gasteiger partial charge on any atom is -0.491 e. The van der Waals surface area contributed by atoms with Crippen molar-refractivity contribution in [3.63, 3.8) is 0 Å². The monoisotopic (exact) mass is 347 g/mol. The molecule has 0 aliphatic carbocycles. The van der Waals surface area contributed by atoms with Crippen LogP contribution in [0.15, 0.2) is 48.8 Å². The molecule has 134 valence electrons. The number of hydrogen-bond donors (Lipinski definition) is 1. The van der Waals surface area contributed by atoms with Crippen molar-refractivity contribution in [3.8, 4) is 11.4 Å². The van der Waals surface area contributed by atoms with Crippen LogP contribution in [0.1, 0.15) is 28.1 Å². The van der Waals surface area contributed by atoms with Crippen molar-refractivity contribution in [2.75, 3.05) is 6.61 Å². The minimum atomic E-state index is 0.350. The highest BCUT2D eigenvalue weighted by atomic mass is 16.5. The number of benzene rings is 2. The number of nitrogens with one attached hydrogen (secondary N) is 1. The van der Waals surface area contributed by atoms with Crippen LogP contribution in [0.5, 0.6) is 5.75 Å². The van der Waals surface area contributed by atoms with Crippen LogP contribution < -0.4 is 10.1 Å². The van der Waals surface area contributed by atoms with Crippen LogP contribution in [-0.4, -0.2) is 22.2 Å². The van der Waals surface area contributed by atoms with E-state index < -0.39 is 0 Å². The molecule has 0 fully saturated rings. The molecule has 1 aliphatic rings. The summed E-state index contributed by atoms with van der Waals surface area (Å²) in [5, 5.41) is 3.63. The van der Waals surface area contributed by atoms with Gasteiger partial charge in [-0.25, -0.2) is 4.98 Å². The van der Waals surface area contributed by atoms with E-state index in [1.165, 1.54) is 22.4 Å². The van der Waals surface area contributed by atoms with Crippen LogP contribution >= 0.6 is 0 Å². The second-order valence-corrected chi connectivity index (χ2v) is 7.11. The summed E-state index contributed by atoms with van der Waals surface area (Å²) in [4.78, 5) is 4.37. The molecule has 4 nitrogen and oxygen atoms in total. The molecular weight excluding hydrogens is 322 g/mol. The van der Waals surface area contributed by atoms with Crippen molar-refractivity contribution in [1.82, 2.24) is 14.9 Å². The first-order chi connectivity index (χ1) is 12.6. The molecule has 3 aromatic rings. The molecule has 4 rings (SSSR count). The summed E-state index contributed by atoms with van der Waals surface area (Å²) in [7, 11) is 0. The largest absolute Gasteiger partial charge is 0.491 e. The summed E-state index contributed by atoms with van der Waals surface area (Å²) in [5.74, 6) is 1.07. The summed E-state index contributed by atoms with van der Waals surface area (Å²) >= 11 is 0. The fraction of sp³-hybridized carbons (Fsp3) is 0.318. The van der Waals surface area contributed by atoms with Gasteiger partial charge in [-0.3, -0.25) is 0 Å². The average molecular weight is 347 g/mol. The zero-order valence-electron chi connectivity index (χ0n) is 15.6. The van der Waals surface area contributed by atoms with E-state index in [1.807, 2.05) is 13.3 Å². The number of nitrogens with zero attached hydrogens (tertiary/aromatic N) is 2. The number of fused-ring (bicyclic) bond motifs is 1. The van der Waals surface area contributed by atoms with Gasteiger partial charge in [0.15, 0.2) is 0 Å². The molecule has 1 unspecified atom stereocenters. The molecule has 1 atom stereocenters. The molecule has 1 aliphatic heterocycles. The Kier molecular flexibility index (Phi) is 4.51. The van der Waals surface area contributed by atoms with Crippen molar-refractivity contribution in [3.05, 3.63) is 76.9 Å². The number of hydrogen-bond acceptors (Lipinski definition) is 3. The number of rotatable bonds is 4. The lowest BCUT2D eigenvalue weighted by Crippen LogP contribution is -2.39. The number of imidazole rings is 1. The van der Waals surface area contributed by atoms with Crippen LogP contribution in [-0.2, 0) is 13.0 Å². The highest BCUT2D eigenvalue weighted by Crippen LogP contribution is 2.28. The normalized spacial score (nSPS) is 16.2. The van der Waals surface area contributed by atoms with Gasteiger partial charge >= 0.3 is 0 Å². The van der Waals surface area contributed by atoms with E-state index in [-0.39, 0.29) is 0 Å². The van der Waals surface area contributed by atoms with Crippen LogP contribution in [0, 0.1) is 20.8 Å². The van der Waals surface area contributed by atoms with Gasteiger partial charge in [-0.2, -0.15) is 0 Å². The molecule has 1 N–H and O–H groups in total. The molecule has 1 aromatic heterocycles. The zero-order chi connectivity index (χ0) is 18.1. The van der Waals surface area contributed by atoms with Gasteiger partial charge < -0.3 is 14.6 Å². The molecule has 0 amide bonds. The van der Waals surface area contributed by atoms with Crippen LogP contribution in [0.2, 0.25) is 0 Å². The zero-order valence-corrected chi connectivity index (χ0v) is 15.6. The Morgan fingerprint density at radius 2 is 1.92 bits per heavy atom. The van der Waals surface area contributed by atoms with Gasteiger partial charge in [-0.05, 0) is 56.0 Å². The standard InChI is InChI=1S/C22H25N3O/c1-15-5-4-6-19-11-20(13-26-22(15)19)23-12-18-7-9-21(10-8-18)25-14-24-16(2)17(25)3/h4-10,14,20,23H,11-13H2,1-3H3. The molecule has 0 radical (unpaired) electrons. The summed E-state index contributed by atoms with van der Waals surface area (Å²) in [5.41, 5.74) is 7.21. The lowest BCUT2D eigenvalue weighted by molar-refractivity contribution is 0.236. The van der Waals surface area contributed by atoms with Crippen LogP contribution in [0.4, 0.5) is 0 Å². The fourth-order valence-corrected chi connectivity index (χ4v) is 3.52. The molecule has 2 heterocycles. The van der Waals surface area contributed by atoms with Crippen molar-refractivity contribution >= 4 is 0 Å². The second kappa shape index (κ2) is 6.96. The van der Waals surface area contributed by atoms with Crippen molar-refractivity contribution in [2.24, 2.45) is 0 Å². The predicted molar refractivity (Wildman–Crippen MR) is 104 cm³/mol. The Morgan fingerprint density at radius 3 is 2.65 bits per heavy atom. The molecule has 4 heteroatoms. The highest BCUT2D eigenvalue weighted by Gasteiger charge is 2.20. The van der Waals surface area contributed by atoms with E-state index in [0.717, 1.165) is 36.7 Å². The lowest BCUT2D eigenvalue weighted by Gasteiger charge is -2.27. The van der Waals surface area contributed by atoms with Gasteiger partial charge in [-0.1, -0.05) is 30.3 Å². The quantitative estimate of drug-likeness (QED) is 0.778. The van der Waals surface area contributed by atoms with E-state index >= 15 is 0 Å². The van der Waals surface area contributed by atoms with Gasteiger partial charge in [0.2, 0.25) is 0 Å². The van der Waals surface area contributed by atoms with Crippen LogP contribution in [0.3, 0.4) is 0 Å². The molecule has 2 aromatic carbocycles. The molecular formula is C22H25N3O. The van der Waals surface area contributed by atoms with E-state index in [0.29, 0.717) is 6.04 Å². The summed E-state index contributed by atoms with van der Waals surface area (Å²) < 4.78 is 8.10. The predicted octanol–water partition coefficient (Wildman–Crippen LogP) is 3.89. The third-order valence-corrected chi connectivity index (χ3v) is 5.25. The SMILES string of the molecule is Cc1cccc2c1OCC(NCc1ccc(-n3cnc(C)c3C)cc1)C2. The van der Waals surface area contributed by atoms with Gasteiger partial charge in [0, 0.05) is 24.0 Å². The third kappa shape index (κ3) is 3.25. The smallest absolute Gasteiger partial charge is 0.125 e. The van der Waals surface area contributed by atoms with Crippen LogP contribution in [0.25, 0.3) is 5.69 Å². The van der Waals surface area contributed by atoms with E-state index in [9.17, 15) is 0 Å².